The largest absolute Gasteiger partial charge is 0.507 e. The van der Waals surface area contributed by atoms with Gasteiger partial charge >= 0.3 is 12.1 Å². The predicted molar refractivity (Wildman–Crippen MR) is 237 cm³/mol. The topological polar surface area (TPSA) is 232 Å². The number of hydrogen-bond donors (Lipinski definition) is 2. The molecule has 0 fully saturated rings. The summed E-state index contributed by atoms with van der Waals surface area (Å²) in [5.74, 6) is -1.29. The molecule has 2 heterocycles. The van der Waals surface area contributed by atoms with E-state index < -0.39 is 55.1 Å². The van der Waals surface area contributed by atoms with Crippen LogP contribution in [-0.2, 0) is 20.7 Å². The van der Waals surface area contributed by atoms with Crippen LogP contribution in [0.2, 0.25) is 0 Å². The summed E-state index contributed by atoms with van der Waals surface area (Å²) in [6, 6.07) is 20.4. The highest BCUT2D eigenvalue weighted by molar-refractivity contribution is 6.00. The average Bonchev–Trinajstić information content (AvgIpc) is 3.26. The Hall–Kier alpha value is -7.85. The number of esters is 1. The van der Waals surface area contributed by atoms with Gasteiger partial charge in [0.05, 0.1) is 6.61 Å². The first-order valence-corrected chi connectivity index (χ1v) is 19.4. The number of fused-ring (bicyclic) bond motifs is 2. The summed E-state index contributed by atoms with van der Waals surface area (Å²) in [7, 11) is 0. The van der Waals surface area contributed by atoms with Gasteiger partial charge in [0, 0.05) is 18.6 Å². The Bertz CT molecular complexity index is 2690. The fourth-order valence-electron chi connectivity index (χ4n) is 5.93. The fourth-order valence-corrected chi connectivity index (χ4v) is 5.93. The van der Waals surface area contributed by atoms with E-state index >= 15 is 0 Å². The number of aryl methyl sites for hydroxylation is 1. The van der Waals surface area contributed by atoms with Crippen LogP contribution in [0.15, 0.2) is 103 Å². The SMILES string of the molecule is C.C.CC(=O)c1c(O)cccc1OCC(F)COc1cccc(O)c1C(C)=O.CCOC(=O)c1cc(=O)c2c(OCC(F)COc3cccc4oc(CC)cc(=O)c34)cccc2o1.O=C=O. The summed E-state index contributed by atoms with van der Waals surface area (Å²) in [4.78, 5) is 76.3. The second-order valence-electron chi connectivity index (χ2n) is 13.3. The number of ether oxygens (including phenoxy) is 5. The third kappa shape index (κ3) is 14.3. The minimum Gasteiger partial charge on any atom is -0.507 e. The average molecular weight is 921 g/mol. The number of alkyl halides is 2. The molecule has 4 aromatic carbocycles. The van der Waals surface area contributed by atoms with Crippen molar-refractivity contribution in [3.05, 3.63) is 128 Å². The lowest BCUT2D eigenvalue weighted by Gasteiger charge is -2.15. The molecule has 6 aromatic rings. The van der Waals surface area contributed by atoms with Crippen LogP contribution in [0.5, 0.6) is 34.5 Å². The van der Waals surface area contributed by atoms with Crippen molar-refractivity contribution in [1.82, 2.24) is 0 Å². The number of benzene rings is 4. The van der Waals surface area contributed by atoms with Crippen molar-refractivity contribution in [2.75, 3.05) is 33.0 Å². The number of phenolic OH excluding ortho intramolecular Hbond substituents is 2. The molecule has 2 aromatic heterocycles. The second-order valence-corrected chi connectivity index (χ2v) is 13.3. The summed E-state index contributed by atoms with van der Waals surface area (Å²) in [6.45, 7) is 4.53. The maximum absolute atomic E-state index is 14.6. The standard InChI is InChI=1S/C26H23FO8.C19H19FO6.CO2.2CH4/c1-3-16-11-17(28)24-19(7-5-9-21(24)34-16)32-13-15(27)14-33-20-8-6-10-22-25(20)18(29)12-23(35-22)26(30)31-4-2;1-11(21)18-14(23)5-3-7-16(18)25-9-13(20)10-26-17-8-4-6-15(24)19(17)12(2)22;2-1-3;;/h5-12,15H,3-4,13-14H2,1-2H3;3-8,13,23-24H,9-10H2,1-2H3;;2*1H4. The molecule has 0 spiro atoms. The van der Waals surface area contributed by atoms with Gasteiger partial charge in [0.25, 0.3) is 0 Å². The van der Waals surface area contributed by atoms with Crippen molar-refractivity contribution in [1.29, 1.82) is 0 Å². The fraction of sp³-hybridized carbons (Fsp3) is 0.292. The number of ketones is 2. The third-order valence-electron chi connectivity index (χ3n) is 8.70. The summed E-state index contributed by atoms with van der Waals surface area (Å²) in [5, 5.41) is 19.7. The zero-order valence-electron chi connectivity index (χ0n) is 34.8. The Labute approximate surface area is 377 Å². The summed E-state index contributed by atoms with van der Waals surface area (Å²) >= 11 is 0. The van der Waals surface area contributed by atoms with Gasteiger partial charge in [0.2, 0.25) is 5.76 Å². The van der Waals surface area contributed by atoms with E-state index in [2.05, 4.69) is 0 Å². The molecule has 18 heteroatoms. The van der Waals surface area contributed by atoms with Crippen molar-refractivity contribution >= 4 is 45.6 Å². The number of halogens is 2. The Balaban J connectivity index is 0.000000432. The molecule has 2 N–H and O–H groups in total. The molecule has 0 bridgehead atoms. The first kappa shape index (κ1) is 54.3. The van der Waals surface area contributed by atoms with E-state index in [1.54, 1.807) is 31.2 Å². The quantitative estimate of drug-likeness (QED) is 0.0645. The molecular formula is C48H50F2O16. The zero-order valence-corrected chi connectivity index (χ0v) is 34.8. The Morgan fingerprint density at radius 1 is 0.621 bits per heavy atom. The van der Waals surface area contributed by atoms with Gasteiger partial charge < -0.3 is 42.7 Å². The summed E-state index contributed by atoms with van der Waals surface area (Å²) < 4.78 is 66.4. The smallest absolute Gasteiger partial charge is 0.374 e. The van der Waals surface area contributed by atoms with Crippen LogP contribution >= 0.6 is 0 Å². The van der Waals surface area contributed by atoms with E-state index in [1.807, 2.05) is 6.92 Å². The lowest BCUT2D eigenvalue weighted by molar-refractivity contribution is -0.191. The molecule has 0 aliphatic rings. The van der Waals surface area contributed by atoms with E-state index in [-0.39, 0.29) is 107 Å². The van der Waals surface area contributed by atoms with Crippen LogP contribution in [0.3, 0.4) is 0 Å². The van der Waals surface area contributed by atoms with Gasteiger partial charge in [0.15, 0.2) is 34.8 Å². The number of rotatable bonds is 17. The van der Waals surface area contributed by atoms with E-state index in [4.69, 9.17) is 42.1 Å². The van der Waals surface area contributed by atoms with Crippen LogP contribution < -0.4 is 29.8 Å². The highest BCUT2D eigenvalue weighted by Crippen LogP contribution is 2.30. The maximum atomic E-state index is 14.6. The van der Waals surface area contributed by atoms with E-state index in [0.717, 1.165) is 6.07 Å². The molecule has 16 nitrogen and oxygen atoms in total. The van der Waals surface area contributed by atoms with Crippen LogP contribution in [0.25, 0.3) is 21.9 Å². The Kier molecular flexibility index (Phi) is 21.4. The minimum absolute atomic E-state index is 0. The van der Waals surface area contributed by atoms with Gasteiger partial charge in [-0.3, -0.25) is 19.2 Å². The van der Waals surface area contributed by atoms with Gasteiger partial charge in [-0.15, -0.1) is 0 Å². The lowest BCUT2D eigenvalue weighted by Crippen LogP contribution is -2.22. The van der Waals surface area contributed by atoms with Crippen LogP contribution in [0, 0.1) is 0 Å². The lowest BCUT2D eigenvalue weighted by atomic mass is 10.1. The molecule has 0 amide bonds. The molecule has 1 atom stereocenters. The molecule has 0 saturated carbocycles. The minimum atomic E-state index is -1.58. The predicted octanol–water partition coefficient (Wildman–Crippen LogP) is 8.42. The number of carbonyl (C=O) groups is 3. The highest BCUT2D eigenvalue weighted by Gasteiger charge is 2.20. The number of phenols is 2. The molecule has 0 saturated heterocycles. The van der Waals surface area contributed by atoms with Crippen molar-refractivity contribution in [3.8, 4) is 34.5 Å². The first-order chi connectivity index (χ1) is 30.6. The first-order valence-electron chi connectivity index (χ1n) is 19.4. The van der Waals surface area contributed by atoms with Crippen molar-refractivity contribution in [3.63, 3.8) is 0 Å². The number of Topliss-reactive ketones (excluding diaryl/α,β-unsaturated/α-hetero) is 2. The Morgan fingerprint density at radius 2 is 1.00 bits per heavy atom. The second kappa shape index (κ2) is 26.1. The summed E-state index contributed by atoms with van der Waals surface area (Å²) in [6.07, 6.45) is -2.33. The molecule has 6 rings (SSSR count). The van der Waals surface area contributed by atoms with Crippen molar-refractivity contribution in [2.24, 2.45) is 0 Å². The highest BCUT2D eigenvalue weighted by atomic mass is 19.1. The molecular weight excluding hydrogens is 871 g/mol. The van der Waals surface area contributed by atoms with E-state index in [0.29, 0.717) is 17.8 Å². The van der Waals surface area contributed by atoms with Gasteiger partial charge in [0.1, 0.15) is 99.8 Å². The molecule has 66 heavy (non-hydrogen) atoms. The molecule has 0 aliphatic heterocycles. The van der Waals surface area contributed by atoms with E-state index in [9.17, 15) is 43.0 Å². The number of aromatic hydroxyl groups is 2. The van der Waals surface area contributed by atoms with Gasteiger partial charge in [-0.05, 0) is 69.3 Å². The van der Waals surface area contributed by atoms with Crippen LogP contribution in [0.4, 0.5) is 8.78 Å². The molecule has 352 valence electrons. The number of carbonyl (C=O) groups excluding carboxylic acids is 5. The normalized spacial score (nSPS) is 10.7. The zero-order chi connectivity index (χ0) is 46.9. The molecule has 1 unspecified atom stereocenters. The van der Waals surface area contributed by atoms with Gasteiger partial charge in [-0.2, -0.15) is 9.59 Å². The van der Waals surface area contributed by atoms with Gasteiger partial charge in [-0.1, -0.05) is 46.0 Å². The Morgan fingerprint density at radius 3 is 1.41 bits per heavy atom. The third-order valence-corrected chi connectivity index (χ3v) is 8.70. The van der Waals surface area contributed by atoms with Crippen molar-refractivity contribution in [2.45, 2.75) is 61.3 Å². The summed E-state index contributed by atoms with van der Waals surface area (Å²) in [5.41, 5.74) is -0.359. The monoisotopic (exact) mass is 920 g/mol. The van der Waals surface area contributed by atoms with Crippen molar-refractivity contribution < 1.29 is 75.5 Å². The van der Waals surface area contributed by atoms with Gasteiger partial charge in [-0.25, -0.2) is 13.6 Å². The maximum Gasteiger partial charge on any atom is 0.374 e. The number of hydrogen-bond acceptors (Lipinski definition) is 16. The molecule has 0 radical (unpaired) electrons. The van der Waals surface area contributed by atoms with Crippen LogP contribution in [-0.4, -0.2) is 79.3 Å². The van der Waals surface area contributed by atoms with E-state index in [1.165, 1.54) is 68.4 Å². The molecule has 0 aliphatic carbocycles. The van der Waals surface area contributed by atoms with Crippen LogP contribution in [0.1, 0.15) is 79.6 Å².